The van der Waals surface area contributed by atoms with Gasteiger partial charge in [-0.2, -0.15) is 0 Å². The van der Waals surface area contributed by atoms with Crippen LogP contribution < -0.4 is 4.74 Å². The Kier molecular flexibility index (Phi) is 6.33. The lowest BCUT2D eigenvalue weighted by Gasteiger charge is -2.39. The van der Waals surface area contributed by atoms with Crippen LogP contribution in [0, 0.1) is 0 Å². The van der Waals surface area contributed by atoms with E-state index < -0.39 is 21.8 Å². The van der Waals surface area contributed by atoms with Crippen molar-refractivity contribution < 1.29 is 23.1 Å². The fourth-order valence-electron chi connectivity index (χ4n) is 5.09. The molecular weight excluding hydrogens is 454 g/mol. The molecule has 0 bridgehead atoms. The van der Waals surface area contributed by atoms with Crippen molar-refractivity contribution >= 4 is 26.7 Å². The van der Waals surface area contributed by atoms with Gasteiger partial charge >= 0.3 is 5.97 Å². The average Bonchev–Trinajstić information content (AvgIpc) is 3.41. The number of piperazine rings is 1. The van der Waals surface area contributed by atoms with Crippen molar-refractivity contribution in [1.82, 2.24) is 14.8 Å². The van der Waals surface area contributed by atoms with Gasteiger partial charge in [0.2, 0.25) is 0 Å². The lowest BCUT2D eigenvalue weighted by Crippen LogP contribution is -2.52. The predicted molar refractivity (Wildman–Crippen MR) is 130 cm³/mol. The first-order valence-electron chi connectivity index (χ1n) is 11.6. The molecule has 2 aliphatic heterocycles. The van der Waals surface area contributed by atoms with Crippen LogP contribution in [0.5, 0.6) is 5.75 Å². The Morgan fingerprint density at radius 1 is 1.12 bits per heavy atom. The molecule has 2 aromatic carbocycles. The zero-order valence-corrected chi connectivity index (χ0v) is 19.7. The molecule has 0 radical (unpaired) electrons. The molecule has 2 atom stereocenters. The number of nitrogens with one attached hydrogen (secondary N) is 1. The van der Waals surface area contributed by atoms with Gasteiger partial charge in [0.25, 0.3) is 0 Å². The quantitative estimate of drug-likeness (QED) is 0.533. The number of carbonyl (C=O) groups is 1. The number of benzene rings is 2. The van der Waals surface area contributed by atoms with Gasteiger partial charge in [0, 0.05) is 61.0 Å². The molecule has 0 amide bonds. The number of fused-ring (bicyclic) bond motifs is 1. The van der Waals surface area contributed by atoms with Gasteiger partial charge in [-0.1, -0.05) is 30.3 Å². The Morgan fingerprint density at radius 3 is 2.56 bits per heavy atom. The highest BCUT2D eigenvalue weighted by Gasteiger charge is 2.37. The average molecular weight is 484 g/mol. The number of hydrogen-bond acceptors (Lipinski definition) is 6. The summed E-state index contributed by atoms with van der Waals surface area (Å²) in [6.45, 7) is 2.97. The molecule has 0 saturated carbocycles. The topological polar surface area (TPSA) is 103 Å². The third-order valence-corrected chi connectivity index (χ3v) is 8.65. The Balaban J connectivity index is 1.28. The fourth-order valence-corrected chi connectivity index (χ4v) is 6.86. The van der Waals surface area contributed by atoms with Crippen LogP contribution in [-0.2, 0) is 21.2 Å². The molecular formula is C25H29N3O5S. The molecule has 34 heavy (non-hydrogen) atoms. The summed E-state index contributed by atoms with van der Waals surface area (Å²) in [6, 6.07) is 14.9. The number of carboxylic acid groups (broad SMARTS) is 1. The number of sulfone groups is 1. The highest BCUT2D eigenvalue weighted by atomic mass is 32.2. The van der Waals surface area contributed by atoms with Crippen LogP contribution in [0.4, 0.5) is 0 Å². The van der Waals surface area contributed by atoms with E-state index in [1.165, 1.54) is 0 Å². The van der Waals surface area contributed by atoms with Crippen molar-refractivity contribution in [1.29, 1.82) is 0 Å². The van der Waals surface area contributed by atoms with Crippen LogP contribution in [0.15, 0.2) is 54.7 Å². The van der Waals surface area contributed by atoms with Crippen molar-refractivity contribution in [2.75, 3.05) is 37.7 Å². The summed E-state index contributed by atoms with van der Waals surface area (Å²) in [4.78, 5) is 19.7. The van der Waals surface area contributed by atoms with Crippen molar-refractivity contribution in [3.05, 3.63) is 65.9 Å². The van der Waals surface area contributed by atoms with Crippen molar-refractivity contribution in [3.63, 3.8) is 0 Å². The number of carboxylic acids is 1. The maximum absolute atomic E-state index is 12.3. The third-order valence-electron chi connectivity index (χ3n) is 6.90. The van der Waals surface area contributed by atoms with E-state index in [4.69, 9.17) is 4.74 Å². The summed E-state index contributed by atoms with van der Waals surface area (Å²) in [6.07, 6.45) is 2.45. The first-order valence-corrected chi connectivity index (χ1v) is 13.4. The highest BCUT2D eigenvalue weighted by molar-refractivity contribution is 7.91. The van der Waals surface area contributed by atoms with Crippen molar-refractivity contribution in [3.8, 4) is 5.75 Å². The lowest BCUT2D eigenvalue weighted by atomic mass is 10.0. The lowest BCUT2D eigenvalue weighted by molar-refractivity contribution is -0.144. The molecule has 2 saturated heterocycles. The maximum Gasteiger partial charge on any atom is 0.325 e. The molecule has 0 spiro atoms. The molecule has 5 rings (SSSR count). The van der Waals surface area contributed by atoms with E-state index in [0.29, 0.717) is 39.2 Å². The molecule has 1 aromatic heterocycles. The minimum Gasteiger partial charge on any atom is -0.489 e. The second-order valence-electron chi connectivity index (χ2n) is 9.10. The molecule has 2 aliphatic rings. The van der Waals surface area contributed by atoms with E-state index in [1.54, 1.807) is 6.20 Å². The Hall–Kier alpha value is -2.88. The molecule has 0 unspecified atom stereocenters. The smallest absolute Gasteiger partial charge is 0.325 e. The van der Waals surface area contributed by atoms with Crippen molar-refractivity contribution in [2.45, 2.75) is 25.1 Å². The second-order valence-corrected chi connectivity index (χ2v) is 11.3. The maximum atomic E-state index is 12.3. The molecule has 8 nitrogen and oxygen atoms in total. The van der Waals surface area contributed by atoms with Gasteiger partial charge in [-0.25, -0.2) is 8.42 Å². The Morgan fingerprint density at radius 2 is 1.88 bits per heavy atom. The molecule has 180 valence electrons. The molecule has 3 heterocycles. The normalized spacial score (nSPS) is 22.1. The summed E-state index contributed by atoms with van der Waals surface area (Å²) in [5.74, 6) is 0.299. The van der Waals surface area contributed by atoms with Crippen LogP contribution in [-0.4, -0.2) is 78.0 Å². The largest absolute Gasteiger partial charge is 0.489 e. The number of H-pyrrole nitrogens is 1. The van der Waals surface area contributed by atoms with Crippen molar-refractivity contribution in [2.24, 2.45) is 0 Å². The minimum atomic E-state index is -2.94. The summed E-state index contributed by atoms with van der Waals surface area (Å²) < 4.78 is 29.6. The van der Waals surface area contributed by atoms with Gasteiger partial charge in [-0.15, -0.1) is 0 Å². The zero-order chi connectivity index (χ0) is 23.7. The van der Waals surface area contributed by atoms with Crippen LogP contribution in [0.3, 0.4) is 0 Å². The van der Waals surface area contributed by atoms with Gasteiger partial charge in [0.15, 0.2) is 9.84 Å². The number of rotatable bonds is 7. The van der Waals surface area contributed by atoms with Gasteiger partial charge in [-0.3, -0.25) is 14.6 Å². The number of nitrogens with zero attached hydrogens (tertiary/aromatic N) is 2. The van der Waals surface area contributed by atoms with Gasteiger partial charge in [0.1, 0.15) is 18.4 Å². The Bertz CT molecular complexity index is 1270. The van der Waals surface area contributed by atoms with Crippen LogP contribution in [0.2, 0.25) is 0 Å². The van der Waals surface area contributed by atoms with E-state index in [2.05, 4.69) is 9.88 Å². The van der Waals surface area contributed by atoms with Gasteiger partial charge < -0.3 is 14.8 Å². The van der Waals surface area contributed by atoms with E-state index >= 15 is 0 Å². The monoisotopic (exact) mass is 483 g/mol. The number of hydrogen-bond donors (Lipinski definition) is 2. The first-order chi connectivity index (χ1) is 16.4. The fraction of sp³-hybridized carbons (Fsp3) is 0.400. The Labute approximate surface area is 199 Å². The van der Waals surface area contributed by atoms with E-state index in [9.17, 15) is 18.3 Å². The first kappa shape index (κ1) is 22.9. The summed E-state index contributed by atoms with van der Waals surface area (Å²) in [5.41, 5.74) is 2.64. The standard InChI is InChI=1S/C25H29N3O5S/c29-25(30)24(28-11-9-27(10-12-28)19-8-13-34(31,32)17-19)22-15-26-23-14-20(6-7-21(22)23)33-16-18-4-2-1-3-5-18/h1-7,14-15,19,24,26H,8-13,16-17H2,(H,29,30)/t19-,24-/m1/s1. The summed E-state index contributed by atoms with van der Waals surface area (Å²) >= 11 is 0. The second kappa shape index (κ2) is 9.40. The molecule has 0 aliphatic carbocycles. The molecule has 9 heteroatoms. The van der Waals surface area contributed by atoms with Crippen LogP contribution in [0.1, 0.15) is 23.6 Å². The van der Waals surface area contributed by atoms with Gasteiger partial charge in [0.05, 0.1) is 11.5 Å². The van der Waals surface area contributed by atoms with Crippen LogP contribution >= 0.6 is 0 Å². The number of aromatic amines is 1. The number of aliphatic carboxylic acids is 1. The summed E-state index contributed by atoms with van der Waals surface area (Å²) in [7, 11) is -2.94. The molecule has 2 N–H and O–H groups in total. The summed E-state index contributed by atoms with van der Waals surface area (Å²) in [5, 5.41) is 11.0. The zero-order valence-electron chi connectivity index (χ0n) is 18.9. The number of ether oxygens (including phenoxy) is 1. The predicted octanol–water partition coefficient (Wildman–Crippen LogP) is 2.68. The van der Waals surface area contributed by atoms with E-state index in [1.807, 2.05) is 53.4 Å². The van der Waals surface area contributed by atoms with E-state index in [-0.39, 0.29) is 17.5 Å². The SMILES string of the molecule is O=C(O)[C@@H](c1c[nH]c2cc(OCc3ccccc3)ccc12)N1CCN([C@@H]2CCS(=O)(=O)C2)CC1. The minimum absolute atomic E-state index is 0.0535. The highest BCUT2D eigenvalue weighted by Crippen LogP contribution is 2.32. The number of aromatic nitrogens is 1. The van der Waals surface area contributed by atoms with Gasteiger partial charge in [-0.05, 0) is 24.1 Å². The third kappa shape index (κ3) is 4.82. The molecule has 3 aromatic rings. The molecule has 2 fully saturated rings. The van der Waals surface area contributed by atoms with E-state index in [0.717, 1.165) is 27.8 Å². The van der Waals surface area contributed by atoms with Crippen LogP contribution in [0.25, 0.3) is 10.9 Å².